The molecule has 0 unspecified atom stereocenters. The Morgan fingerprint density at radius 1 is 1.15 bits per heavy atom. The summed E-state index contributed by atoms with van der Waals surface area (Å²) in [5.41, 5.74) is 1.80. The van der Waals surface area contributed by atoms with Gasteiger partial charge in [0, 0.05) is 25.3 Å². The number of nitrogens with zero attached hydrogens (tertiary/aromatic N) is 6. The molecule has 0 bridgehead atoms. The lowest BCUT2D eigenvalue weighted by atomic mass is 9.81. The summed E-state index contributed by atoms with van der Waals surface area (Å²) in [6.07, 6.45) is 4.55. The molecule has 3 aromatic heterocycles. The molecule has 2 aliphatic carbocycles. The normalized spacial score (nSPS) is 22.1. The van der Waals surface area contributed by atoms with Gasteiger partial charge in [-0.1, -0.05) is 5.16 Å². The Labute approximate surface area is 219 Å². The molecule has 11 nitrogen and oxygen atoms in total. The van der Waals surface area contributed by atoms with Crippen molar-refractivity contribution in [3.8, 4) is 0 Å². The Morgan fingerprint density at radius 2 is 1.92 bits per heavy atom. The Morgan fingerprint density at radius 3 is 2.67 bits per heavy atom. The molecule has 15 heteroatoms. The third-order valence-electron chi connectivity index (χ3n) is 7.51. The van der Waals surface area contributed by atoms with Crippen LogP contribution in [-0.4, -0.2) is 66.7 Å². The van der Waals surface area contributed by atoms with E-state index in [0.29, 0.717) is 22.6 Å². The fourth-order valence-electron chi connectivity index (χ4n) is 5.26. The number of hydrogen-bond donors (Lipinski definition) is 2. The van der Waals surface area contributed by atoms with E-state index in [4.69, 9.17) is 4.63 Å². The molecule has 2 N–H and O–H groups in total. The minimum Gasteiger partial charge on any atom is -0.342 e. The van der Waals surface area contributed by atoms with Crippen molar-refractivity contribution in [3.05, 3.63) is 41.1 Å². The summed E-state index contributed by atoms with van der Waals surface area (Å²) < 4.78 is 61.7. The van der Waals surface area contributed by atoms with Gasteiger partial charge in [0.05, 0.1) is 37.2 Å². The molecule has 3 amide bonds. The molecule has 3 aliphatic rings. The van der Waals surface area contributed by atoms with E-state index in [0.717, 1.165) is 17.7 Å². The number of fused-ring (bicyclic) bond motifs is 1. The largest absolute Gasteiger partial charge is 0.342 e. The zero-order valence-electron chi connectivity index (χ0n) is 20.7. The molecule has 0 aromatic carbocycles. The molecule has 1 aliphatic heterocycles. The molecule has 6 rings (SSSR count). The summed E-state index contributed by atoms with van der Waals surface area (Å²) >= 11 is 0. The highest BCUT2D eigenvalue weighted by Crippen LogP contribution is 2.42. The van der Waals surface area contributed by atoms with Crippen LogP contribution >= 0.6 is 0 Å². The van der Waals surface area contributed by atoms with E-state index < -0.39 is 42.9 Å². The van der Waals surface area contributed by atoms with Gasteiger partial charge in [-0.25, -0.2) is 36.5 Å². The van der Waals surface area contributed by atoms with Crippen LogP contribution in [0.2, 0.25) is 0 Å². The zero-order chi connectivity index (χ0) is 27.4. The lowest BCUT2D eigenvalue weighted by molar-refractivity contribution is -0.0495. The minimum atomic E-state index is -3.05. The van der Waals surface area contributed by atoms with Crippen LogP contribution in [0.1, 0.15) is 77.9 Å². The van der Waals surface area contributed by atoms with Crippen molar-refractivity contribution in [1.82, 2.24) is 40.4 Å². The third kappa shape index (κ3) is 5.39. The van der Waals surface area contributed by atoms with Crippen LogP contribution in [0.25, 0.3) is 5.65 Å². The van der Waals surface area contributed by atoms with E-state index in [1.165, 1.54) is 10.7 Å². The van der Waals surface area contributed by atoms with E-state index >= 15 is 0 Å². The number of amides is 3. The Kier molecular flexibility index (Phi) is 6.18. The van der Waals surface area contributed by atoms with Gasteiger partial charge in [-0.3, -0.25) is 4.79 Å². The summed E-state index contributed by atoms with van der Waals surface area (Å²) in [6, 6.07) is 0.292. The molecule has 3 aromatic rings. The first-order chi connectivity index (χ1) is 18.6. The minimum absolute atomic E-state index is 0.0735. The average Bonchev–Trinajstić information content (AvgIpc) is 3.45. The van der Waals surface area contributed by atoms with Crippen LogP contribution in [0.15, 0.2) is 23.1 Å². The van der Waals surface area contributed by atoms with Crippen LogP contribution in [0.4, 0.5) is 22.4 Å². The Balaban J connectivity index is 1.26. The van der Waals surface area contributed by atoms with Crippen molar-refractivity contribution in [3.63, 3.8) is 0 Å². The van der Waals surface area contributed by atoms with E-state index in [1.807, 2.05) is 0 Å². The summed E-state index contributed by atoms with van der Waals surface area (Å²) in [6.45, 7) is -1.53. The number of hydrogen-bond acceptors (Lipinski definition) is 7. The van der Waals surface area contributed by atoms with Crippen molar-refractivity contribution >= 4 is 17.6 Å². The fraction of sp³-hybridized carbons (Fsp3) is 0.583. The molecular formula is C24H26F4N8O3. The van der Waals surface area contributed by atoms with Gasteiger partial charge in [0.25, 0.3) is 11.8 Å². The van der Waals surface area contributed by atoms with Crippen LogP contribution in [0.5, 0.6) is 0 Å². The van der Waals surface area contributed by atoms with Crippen molar-refractivity contribution in [2.45, 2.75) is 68.9 Å². The lowest BCUT2D eigenvalue weighted by Crippen LogP contribution is -2.56. The first kappa shape index (κ1) is 25.5. The Bertz CT molecular complexity index is 1390. The van der Waals surface area contributed by atoms with Gasteiger partial charge in [-0.2, -0.15) is 5.10 Å². The summed E-state index contributed by atoms with van der Waals surface area (Å²) in [7, 11) is 0. The number of nitrogens with one attached hydrogen (secondary N) is 2. The van der Waals surface area contributed by atoms with Crippen molar-refractivity contribution in [2.75, 3.05) is 13.1 Å². The van der Waals surface area contributed by atoms with Crippen molar-refractivity contribution < 1.29 is 31.8 Å². The van der Waals surface area contributed by atoms with Crippen LogP contribution in [-0.2, 0) is 6.54 Å². The van der Waals surface area contributed by atoms with Gasteiger partial charge < -0.3 is 15.5 Å². The van der Waals surface area contributed by atoms with E-state index in [1.54, 1.807) is 12.3 Å². The quantitative estimate of drug-likeness (QED) is 0.431. The second-order valence-electron chi connectivity index (χ2n) is 10.6. The molecule has 3 fully saturated rings. The predicted molar refractivity (Wildman–Crippen MR) is 125 cm³/mol. The highest BCUT2D eigenvalue weighted by Gasteiger charge is 2.41. The highest BCUT2D eigenvalue weighted by atomic mass is 19.3. The topological polar surface area (TPSA) is 131 Å². The monoisotopic (exact) mass is 550 g/mol. The van der Waals surface area contributed by atoms with Gasteiger partial charge in [0.2, 0.25) is 5.92 Å². The second kappa shape index (κ2) is 9.45. The first-order valence-corrected chi connectivity index (χ1v) is 12.8. The lowest BCUT2D eigenvalue weighted by Gasteiger charge is -2.33. The molecule has 208 valence electrons. The number of carbonyl (C=O) groups excluding carboxylic acids is 2. The third-order valence-corrected chi connectivity index (χ3v) is 7.51. The van der Waals surface area contributed by atoms with Gasteiger partial charge in [-0.05, 0) is 48.4 Å². The van der Waals surface area contributed by atoms with E-state index in [-0.39, 0.29) is 49.8 Å². The zero-order valence-corrected chi connectivity index (χ0v) is 20.7. The number of imidazole rings is 1. The SMILES string of the molecule is O=C(N[C@H](c1cn2ncc(CN3CC(F)(F)CNC3=O)cc2n1)C1CCC(F)(F)CC1)c1nonc1C1CC1. The average molecular weight is 551 g/mol. The van der Waals surface area contributed by atoms with Crippen LogP contribution in [0, 0.1) is 5.92 Å². The van der Waals surface area contributed by atoms with Crippen LogP contribution < -0.4 is 10.6 Å². The maximum atomic E-state index is 13.9. The smallest absolute Gasteiger partial charge is 0.318 e. The maximum absolute atomic E-state index is 13.9. The van der Waals surface area contributed by atoms with Gasteiger partial charge >= 0.3 is 6.03 Å². The summed E-state index contributed by atoms with van der Waals surface area (Å²) in [5.74, 6) is -6.53. The molecule has 39 heavy (non-hydrogen) atoms. The van der Waals surface area contributed by atoms with Crippen molar-refractivity contribution in [2.24, 2.45) is 5.92 Å². The highest BCUT2D eigenvalue weighted by molar-refractivity contribution is 5.93. The molecule has 0 spiro atoms. The number of aromatic nitrogens is 5. The standard InChI is InChI=1S/C24H26F4N8O3/c25-23(26)5-3-15(4-6-23)18(32-21(37)20-19(14-1-2-14)33-39-34-20)16-10-36-17(31-16)7-13(8-30-36)9-35-12-24(27,28)11-29-22(35)38/h7-8,10,14-15,18H,1-6,9,11-12H2,(H,29,38)(H,32,37)/t18-/m0/s1. The predicted octanol–water partition coefficient (Wildman–Crippen LogP) is 3.45. The van der Waals surface area contributed by atoms with Gasteiger partial charge in [0.15, 0.2) is 11.3 Å². The van der Waals surface area contributed by atoms with Crippen molar-refractivity contribution in [1.29, 1.82) is 0 Å². The molecule has 1 saturated heterocycles. The summed E-state index contributed by atoms with van der Waals surface area (Å²) in [4.78, 5) is 30.9. The number of urea groups is 1. The number of carbonyl (C=O) groups is 2. The molecule has 0 radical (unpaired) electrons. The number of alkyl halides is 4. The number of rotatable bonds is 7. The maximum Gasteiger partial charge on any atom is 0.318 e. The second-order valence-corrected chi connectivity index (χ2v) is 10.6. The van der Waals surface area contributed by atoms with Gasteiger partial charge in [0.1, 0.15) is 5.69 Å². The molecular weight excluding hydrogens is 524 g/mol. The fourth-order valence-corrected chi connectivity index (χ4v) is 5.26. The van der Waals surface area contributed by atoms with Crippen LogP contribution in [0.3, 0.4) is 0 Å². The molecule has 1 atom stereocenters. The molecule has 4 heterocycles. The first-order valence-electron chi connectivity index (χ1n) is 12.8. The van der Waals surface area contributed by atoms with E-state index in [9.17, 15) is 27.2 Å². The van der Waals surface area contributed by atoms with Gasteiger partial charge in [-0.15, -0.1) is 0 Å². The van der Waals surface area contributed by atoms with E-state index in [2.05, 4.69) is 31.0 Å². The molecule has 2 saturated carbocycles. The summed E-state index contributed by atoms with van der Waals surface area (Å²) in [5, 5.41) is 17.0. The number of halogens is 4. The Hall–Kier alpha value is -3.78.